The van der Waals surface area contributed by atoms with E-state index in [1.54, 1.807) is 21.7 Å². The third kappa shape index (κ3) is 4.31. The van der Waals surface area contributed by atoms with E-state index in [9.17, 15) is 13.2 Å². The summed E-state index contributed by atoms with van der Waals surface area (Å²) < 4.78 is 29.1. The number of nitrogens with zero attached hydrogens (tertiary/aromatic N) is 6. The molecule has 1 aromatic carbocycles. The number of amides is 1. The van der Waals surface area contributed by atoms with Crippen molar-refractivity contribution in [2.24, 2.45) is 0 Å². The number of thioether (sulfide) groups is 1. The minimum absolute atomic E-state index is 0.0245. The van der Waals surface area contributed by atoms with Crippen molar-refractivity contribution in [3.63, 3.8) is 0 Å². The molecule has 1 amide bonds. The molecule has 4 rings (SSSR count). The summed E-state index contributed by atoms with van der Waals surface area (Å²) in [5, 5.41) is 12.3. The van der Waals surface area contributed by atoms with Gasteiger partial charge in [0.1, 0.15) is 0 Å². The number of hydrogen-bond donors (Lipinski definition) is 0. The van der Waals surface area contributed by atoms with Crippen LogP contribution in [0, 0.1) is 13.8 Å². The van der Waals surface area contributed by atoms with Gasteiger partial charge in [-0.25, -0.2) is 13.1 Å². The summed E-state index contributed by atoms with van der Waals surface area (Å²) in [6.45, 7) is 5.23. The molecule has 1 aliphatic heterocycles. The number of aromatic nitrogens is 4. The van der Waals surface area contributed by atoms with E-state index < -0.39 is 10.0 Å². The van der Waals surface area contributed by atoms with E-state index in [-0.39, 0.29) is 11.7 Å². The first-order valence-corrected chi connectivity index (χ1v) is 12.0. The van der Waals surface area contributed by atoms with Crippen LogP contribution in [-0.4, -0.2) is 75.7 Å². The van der Waals surface area contributed by atoms with E-state index in [1.807, 2.05) is 19.9 Å². The molecule has 1 saturated carbocycles. The van der Waals surface area contributed by atoms with Crippen molar-refractivity contribution in [3.8, 4) is 0 Å². The Morgan fingerprint density at radius 3 is 2.52 bits per heavy atom. The highest BCUT2D eigenvalue weighted by Gasteiger charge is 2.31. The average Bonchev–Trinajstić information content (AvgIpc) is 3.46. The number of piperazine rings is 1. The second kappa shape index (κ2) is 8.04. The van der Waals surface area contributed by atoms with Crippen LogP contribution in [0.2, 0.25) is 0 Å². The zero-order valence-electron chi connectivity index (χ0n) is 16.5. The number of tetrazole rings is 1. The lowest BCUT2D eigenvalue weighted by Gasteiger charge is -2.34. The molecule has 1 aliphatic carbocycles. The zero-order valence-corrected chi connectivity index (χ0v) is 18.1. The molecule has 0 N–H and O–H groups in total. The Bertz CT molecular complexity index is 1010. The van der Waals surface area contributed by atoms with Gasteiger partial charge in [-0.3, -0.25) is 4.79 Å². The maximum absolute atomic E-state index is 12.9. The topological polar surface area (TPSA) is 101 Å². The third-order valence-corrected chi connectivity index (χ3v) is 8.20. The molecule has 1 saturated heterocycles. The smallest absolute Gasteiger partial charge is 0.243 e. The van der Waals surface area contributed by atoms with Gasteiger partial charge in [0.2, 0.25) is 21.1 Å². The molecule has 1 aromatic heterocycles. The van der Waals surface area contributed by atoms with Crippen molar-refractivity contribution in [1.82, 2.24) is 29.4 Å². The molecule has 2 aliphatic rings. The van der Waals surface area contributed by atoms with Crippen molar-refractivity contribution in [2.75, 3.05) is 31.9 Å². The van der Waals surface area contributed by atoms with Gasteiger partial charge < -0.3 is 4.90 Å². The molecule has 0 radical (unpaired) electrons. The lowest BCUT2D eigenvalue weighted by molar-refractivity contribution is -0.129. The zero-order chi connectivity index (χ0) is 20.6. The second-order valence-electron chi connectivity index (χ2n) is 7.46. The number of carbonyl (C=O) groups is 1. The minimum atomic E-state index is -3.55. The maximum Gasteiger partial charge on any atom is 0.243 e. The molecular formula is C18H24N6O3S2. The summed E-state index contributed by atoms with van der Waals surface area (Å²) in [6.07, 6.45) is 2.15. The Hall–Kier alpha value is -1.98. The number of aryl methyl sites for hydroxylation is 2. The minimum Gasteiger partial charge on any atom is -0.339 e. The van der Waals surface area contributed by atoms with E-state index in [0.29, 0.717) is 42.3 Å². The van der Waals surface area contributed by atoms with Crippen molar-refractivity contribution < 1.29 is 13.2 Å². The van der Waals surface area contributed by atoms with Gasteiger partial charge in [-0.2, -0.15) is 4.31 Å². The Morgan fingerprint density at radius 1 is 1.14 bits per heavy atom. The molecule has 0 spiro atoms. The maximum atomic E-state index is 12.9. The van der Waals surface area contributed by atoms with E-state index >= 15 is 0 Å². The summed E-state index contributed by atoms with van der Waals surface area (Å²) in [5.74, 6) is 0.223. The number of rotatable bonds is 6. The first-order valence-electron chi connectivity index (χ1n) is 9.62. The van der Waals surface area contributed by atoms with Crippen LogP contribution in [0.3, 0.4) is 0 Å². The summed E-state index contributed by atoms with van der Waals surface area (Å²) >= 11 is 1.33. The Balaban J connectivity index is 1.33. The predicted molar refractivity (Wildman–Crippen MR) is 108 cm³/mol. The first kappa shape index (κ1) is 20.3. The summed E-state index contributed by atoms with van der Waals surface area (Å²) in [7, 11) is -3.55. The molecule has 9 nitrogen and oxygen atoms in total. The lowest BCUT2D eigenvalue weighted by Crippen LogP contribution is -2.51. The van der Waals surface area contributed by atoms with E-state index in [1.165, 1.54) is 16.1 Å². The van der Waals surface area contributed by atoms with Crippen LogP contribution in [0.15, 0.2) is 28.3 Å². The van der Waals surface area contributed by atoms with Crippen LogP contribution in [-0.2, 0) is 14.8 Å². The van der Waals surface area contributed by atoms with E-state index in [4.69, 9.17) is 0 Å². The van der Waals surface area contributed by atoms with E-state index in [0.717, 1.165) is 24.0 Å². The van der Waals surface area contributed by atoms with Gasteiger partial charge in [0.05, 0.1) is 16.7 Å². The van der Waals surface area contributed by atoms with E-state index in [2.05, 4.69) is 15.5 Å². The molecule has 29 heavy (non-hydrogen) atoms. The summed E-state index contributed by atoms with van der Waals surface area (Å²) in [5.41, 5.74) is 2.01. The Labute approximate surface area is 174 Å². The van der Waals surface area contributed by atoms with Crippen LogP contribution in [0.4, 0.5) is 0 Å². The number of carbonyl (C=O) groups excluding carboxylic acids is 1. The fourth-order valence-electron chi connectivity index (χ4n) is 3.25. The van der Waals surface area contributed by atoms with Crippen LogP contribution < -0.4 is 0 Å². The molecule has 2 aromatic rings. The van der Waals surface area contributed by atoms with Gasteiger partial charge in [-0.05, 0) is 60.4 Å². The number of benzene rings is 1. The third-order valence-electron chi connectivity index (χ3n) is 5.39. The molecule has 11 heteroatoms. The summed E-state index contributed by atoms with van der Waals surface area (Å²) in [4.78, 5) is 14.6. The standard InChI is InChI=1S/C18H24N6O3S2/c1-13-3-6-16(11-14(13)2)29(26,27)23-9-7-22(8-10-23)17(25)12-28-18-19-20-21-24(18)15-4-5-15/h3,6,11,15H,4-5,7-10,12H2,1-2H3. The normalized spacial score (nSPS) is 18.2. The van der Waals surface area contributed by atoms with Gasteiger partial charge >= 0.3 is 0 Å². The summed E-state index contributed by atoms with van der Waals surface area (Å²) in [6, 6.07) is 5.55. The Kier molecular flexibility index (Phi) is 5.63. The Morgan fingerprint density at radius 2 is 1.86 bits per heavy atom. The quantitative estimate of drug-likeness (QED) is 0.628. The molecule has 2 fully saturated rings. The molecule has 2 heterocycles. The molecule has 0 bridgehead atoms. The monoisotopic (exact) mass is 436 g/mol. The van der Waals surface area contributed by atoms with Crippen LogP contribution in [0.25, 0.3) is 0 Å². The highest BCUT2D eigenvalue weighted by atomic mass is 32.2. The number of hydrogen-bond acceptors (Lipinski definition) is 7. The van der Waals surface area contributed by atoms with Crippen molar-refractivity contribution in [1.29, 1.82) is 0 Å². The molecule has 0 unspecified atom stereocenters. The van der Waals surface area contributed by atoms with Gasteiger partial charge in [-0.15, -0.1) is 5.10 Å². The molecule has 0 atom stereocenters. The molecule has 156 valence electrons. The van der Waals surface area contributed by atoms with Crippen molar-refractivity contribution in [3.05, 3.63) is 29.3 Å². The van der Waals surface area contributed by atoms with Gasteiger partial charge in [-0.1, -0.05) is 17.8 Å². The van der Waals surface area contributed by atoms with Crippen molar-refractivity contribution in [2.45, 2.75) is 42.8 Å². The largest absolute Gasteiger partial charge is 0.339 e. The number of sulfonamides is 1. The first-order chi connectivity index (χ1) is 13.9. The molecular weight excluding hydrogens is 412 g/mol. The second-order valence-corrected chi connectivity index (χ2v) is 10.3. The highest BCUT2D eigenvalue weighted by Crippen LogP contribution is 2.36. The SMILES string of the molecule is Cc1ccc(S(=O)(=O)N2CCN(C(=O)CSc3nnnn3C3CC3)CC2)cc1C. The van der Waals surface area contributed by atoms with Crippen LogP contribution >= 0.6 is 11.8 Å². The van der Waals surface area contributed by atoms with Crippen molar-refractivity contribution >= 4 is 27.7 Å². The lowest BCUT2D eigenvalue weighted by atomic mass is 10.1. The fourth-order valence-corrected chi connectivity index (χ4v) is 5.60. The van der Waals surface area contributed by atoms with Gasteiger partial charge in [0.25, 0.3) is 0 Å². The van der Waals surface area contributed by atoms with Crippen LogP contribution in [0.5, 0.6) is 0 Å². The predicted octanol–water partition coefficient (Wildman–Crippen LogP) is 1.25. The highest BCUT2D eigenvalue weighted by molar-refractivity contribution is 7.99. The van der Waals surface area contributed by atoms with Gasteiger partial charge in [0.15, 0.2) is 0 Å². The fraction of sp³-hybridized carbons (Fsp3) is 0.556. The average molecular weight is 437 g/mol. The van der Waals surface area contributed by atoms with Crippen LogP contribution in [0.1, 0.15) is 30.0 Å². The van der Waals surface area contributed by atoms with Gasteiger partial charge in [0, 0.05) is 26.2 Å².